The summed E-state index contributed by atoms with van der Waals surface area (Å²) < 4.78 is 0. The van der Waals surface area contributed by atoms with Crippen molar-refractivity contribution >= 4 is 0 Å². The Morgan fingerprint density at radius 2 is 2.18 bits per heavy atom. The Morgan fingerprint density at radius 1 is 1.45 bits per heavy atom. The average Bonchev–Trinajstić information content (AvgIpc) is 2.38. The molecule has 63 valence electrons. The summed E-state index contributed by atoms with van der Waals surface area (Å²) in [7, 11) is 0. The van der Waals surface area contributed by atoms with Gasteiger partial charge in [-0.3, -0.25) is 0 Å². The first-order chi connectivity index (χ1) is 5.36. The van der Waals surface area contributed by atoms with E-state index in [0.29, 0.717) is 6.42 Å². The Bertz CT molecular complexity index is 125. The molecule has 0 aromatic carbocycles. The summed E-state index contributed by atoms with van der Waals surface area (Å²) in [4.78, 5) is 9.86. The second-order valence-corrected chi connectivity index (χ2v) is 2.69. The lowest BCUT2D eigenvalue weighted by molar-refractivity contribution is -0.297. The van der Waals surface area contributed by atoms with Crippen molar-refractivity contribution in [2.75, 3.05) is 6.61 Å². The topological polar surface area (TPSA) is 38.4 Å². The van der Waals surface area contributed by atoms with Crippen molar-refractivity contribution in [3.63, 3.8) is 0 Å². The molecule has 0 spiro atoms. The highest BCUT2D eigenvalue weighted by Gasteiger charge is 2.25. The Balaban J connectivity index is 2.17. The van der Waals surface area contributed by atoms with Crippen molar-refractivity contribution < 1.29 is 14.9 Å². The first-order valence-corrected chi connectivity index (χ1v) is 3.88. The van der Waals surface area contributed by atoms with Crippen LogP contribution in [0.5, 0.6) is 0 Å². The summed E-state index contributed by atoms with van der Waals surface area (Å²) in [5.74, 6) is 0. The molecule has 2 unspecified atom stereocenters. The highest BCUT2D eigenvalue weighted by molar-refractivity contribution is 4.77. The highest BCUT2D eigenvalue weighted by atomic mass is 17.2. The molecule has 0 bridgehead atoms. The van der Waals surface area contributed by atoms with Crippen molar-refractivity contribution in [1.82, 2.24) is 0 Å². The Kier molecular flexibility index (Phi) is 3.56. The van der Waals surface area contributed by atoms with Gasteiger partial charge in [0.25, 0.3) is 0 Å². The minimum absolute atomic E-state index is 0.0115. The van der Waals surface area contributed by atoms with Gasteiger partial charge < -0.3 is 0 Å². The van der Waals surface area contributed by atoms with Gasteiger partial charge in [-0.1, -0.05) is 6.08 Å². The van der Waals surface area contributed by atoms with Crippen LogP contribution in [0.4, 0.5) is 0 Å². The van der Waals surface area contributed by atoms with Gasteiger partial charge in [0, 0.05) is 12.8 Å². The van der Waals surface area contributed by atoms with Gasteiger partial charge in [-0.25, -0.2) is 14.9 Å². The van der Waals surface area contributed by atoms with Crippen molar-refractivity contribution in [3.8, 4) is 0 Å². The molecule has 1 fully saturated rings. The zero-order chi connectivity index (χ0) is 8.10. The molecule has 3 nitrogen and oxygen atoms in total. The lowest BCUT2D eigenvalue weighted by atomic mass is 10.1. The Labute approximate surface area is 66.5 Å². The molecular weight excluding hydrogens is 144 g/mol. The van der Waals surface area contributed by atoms with Crippen LogP contribution in [0.2, 0.25) is 0 Å². The quantitative estimate of drug-likeness (QED) is 0.458. The minimum atomic E-state index is -0.0885. The molecule has 1 heterocycles. The average molecular weight is 157 g/mol. The van der Waals surface area contributed by atoms with Gasteiger partial charge in [0.05, 0.1) is 18.8 Å². The largest absolute Gasteiger partial charge is 0.237 e. The summed E-state index contributed by atoms with van der Waals surface area (Å²) in [6, 6.07) is 0. The van der Waals surface area contributed by atoms with E-state index in [4.69, 9.17) is 9.78 Å². The van der Waals surface area contributed by atoms with E-state index in [1.54, 1.807) is 6.08 Å². The minimum Gasteiger partial charge on any atom is -0.237 e. The van der Waals surface area contributed by atoms with Crippen LogP contribution in [-0.4, -0.2) is 18.8 Å². The van der Waals surface area contributed by atoms with Crippen LogP contribution in [0.15, 0.2) is 12.7 Å². The van der Waals surface area contributed by atoms with Crippen LogP contribution >= 0.6 is 0 Å². The lowest BCUT2D eigenvalue weighted by Gasteiger charge is -2.00. The molecule has 2 atom stereocenters. The molecule has 0 aromatic heterocycles. The standard InChI is InChI=1S/C8H13O3/c1-2-3-7-6-8(4-5-9)11-10-7/h2,7-8H,1,3-6H2. The maximum Gasteiger partial charge on any atom is 0.0990 e. The van der Waals surface area contributed by atoms with Gasteiger partial charge in [0.1, 0.15) is 0 Å². The van der Waals surface area contributed by atoms with Gasteiger partial charge in [-0.05, 0) is 6.42 Å². The van der Waals surface area contributed by atoms with E-state index >= 15 is 0 Å². The maximum absolute atomic E-state index is 10.2. The maximum atomic E-state index is 10.2. The molecule has 1 saturated heterocycles. The van der Waals surface area contributed by atoms with Gasteiger partial charge in [-0.2, -0.15) is 0 Å². The molecule has 0 N–H and O–H groups in total. The molecular formula is C8H13O3. The van der Waals surface area contributed by atoms with Crippen molar-refractivity contribution in [3.05, 3.63) is 12.7 Å². The number of rotatable bonds is 4. The normalized spacial score (nSPS) is 30.6. The molecule has 1 aliphatic heterocycles. The smallest absolute Gasteiger partial charge is 0.0990 e. The third kappa shape index (κ3) is 2.61. The van der Waals surface area contributed by atoms with Crippen molar-refractivity contribution in [1.29, 1.82) is 0 Å². The summed E-state index contributed by atoms with van der Waals surface area (Å²) in [5.41, 5.74) is 0. The van der Waals surface area contributed by atoms with Crippen LogP contribution in [0.25, 0.3) is 0 Å². The molecule has 1 aliphatic rings. The fraction of sp³-hybridized carbons (Fsp3) is 0.750. The first kappa shape index (κ1) is 8.71. The fourth-order valence-corrected chi connectivity index (χ4v) is 1.15. The predicted molar refractivity (Wildman–Crippen MR) is 39.3 cm³/mol. The Morgan fingerprint density at radius 3 is 2.82 bits per heavy atom. The second-order valence-electron chi connectivity index (χ2n) is 2.69. The third-order valence-electron chi connectivity index (χ3n) is 1.72. The van der Waals surface area contributed by atoms with Crippen molar-refractivity contribution in [2.45, 2.75) is 31.5 Å². The van der Waals surface area contributed by atoms with Gasteiger partial charge in [0.15, 0.2) is 0 Å². The molecule has 0 aromatic rings. The van der Waals surface area contributed by atoms with E-state index in [9.17, 15) is 5.11 Å². The summed E-state index contributed by atoms with van der Waals surface area (Å²) in [5, 5.41) is 10.2. The van der Waals surface area contributed by atoms with Crippen LogP contribution in [0, 0.1) is 0 Å². The van der Waals surface area contributed by atoms with Gasteiger partial charge in [0.2, 0.25) is 0 Å². The van der Waals surface area contributed by atoms with Gasteiger partial charge in [-0.15, -0.1) is 6.58 Å². The molecule has 1 radical (unpaired) electrons. The van der Waals surface area contributed by atoms with E-state index in [1.165, 1.54) is 0 Å². The third-order valence-corrected chi connectivity index (χ3v) is 1.72. The first-order valence-electron chi connectivity index (χ1n) is 3.88. The monoisotopic (exact) mass is 157 g/mol. The second kappa shape index (κ2) is 4.49. The van der Waals surface area contributed by atoms with E-state index in [1.807, 2.05) is 0 Å². The van der Waals surface area contributed by atoms with E-state index in [0.717, 1.165) is 12.8 Å². The predicted octanol–water partition coefficient (Wildman–Crippen LogP) is 1.47. The molecule has 0 saturated carbocycles. The van der Waals surface area contributed by atoms with E-state index in [-0.39, 0.29) is 18.8 Å². The summed E-state index contributed by atoms with van der Waals surface area (Å²) >= 11 is 0. The number of hydrogen-bond acceptors (Lipinski definition) is 2. The van der Waals surface area contributed by atoms with Crippen LogP contribution < -0.4 is 0 Å². The fourth-order valence-electron chi connectivity index (χ4n) is 1.15. The zero-order valence-corrected chi connectivity index (χ0v) is 6.49. The lowest BCUT2D eigenvalue weighted by Crippen LogP contribution is -2.07. The summed E-state index contributed by atoms with van der Waals surface area (Å²) in [6.45, 7) is 3.51. The van der Waals surface area contributed by atoms with Crippen LogP contribution in [-0.2, 0) is 14.9 Å². The zero-order valence-electron chi connectivity index (χ0n) is 6.49. The van der Waals surface area contributed by atoms with Crippen LogP contribution in [0.3, 0.4) is 0 Å². The van der Waals surface area contributed by atoms with Crippen molar-refractivity contribution in [2.24, 2.45) is 0 Å². The molecule has 11 heavy (non-hydrogen) atoms. The van der Waals surface area contributed by atoms with Crippen LogP contribution in [0.1, 0.15) is 19.3 Å². The molecule has 0 amide bonds. The molecule has 3 heteroatoms. The SMILES string of the molecule is C=CCC1CC(CC[O])OO1. The molecule has 1 rings (SSSR count). The molecule has 0 aliphatic carbocycles. The highest BCUT2D eigenvalue weighted by Crippen LogP contribution is 2.21. The summed E-state index contributed by atoms with van der Waals surface area (Å²) in [6.07, 6.45) is 4.10. The Hall–Kier alpha value is -0.380. The van der Waals surface area contributed by atoms with E-state index < -0.39 is 0 Å². The number of hydrogen-bond donors (Lipinski definition) is 0. The van der Waals surface area contributed by atoms with Gasteiger partial charge >= 0.3 is 0 Å². The van der Waals surface area contributed by atoms with E-state index in [2.05, 4.69) is 6.58 Å².